The highest BCUT2D eigenvalue weighted by Gasteiger charge is 2.05. The number of carbonyl (C=O) groups is 1. The summed E-state index contributed by atoms with van der Waals surface area (Å²) in [7, 11) is 0. The third kappa shape index (κ3) is 4.85. The average molecular weight is 325 g/mol. The molecule has 21 heavy (non-hydrogen) atoms. The lowest BCUT2D eigenvalue weighted by Gasteiger charge is -2.08. The summed E-state index contributed by atoms with van der Waals surface area (Å²) in [4.78, 5) is 11.7. The number of rotatable bonds is 5. The van der Waals surface area contributed by atoms with Crippen molar-refractivity contribution in [3.63, 3.8) is 0 Å². The SMILES string of the molecule is Nc1cccc(CNC(=O)COc2ccc(Cl)c(Cl)c2)c1. The molecule has 0 aromatic heterocycles. The molecule has 0 spiro atoms. The number of hydrogen-bond donors (Lipinski definition) is 2. The van der Waals surface area contributed by atoms with Crippen molar-refractivity contribution in [1.29, 1.82) is 0 Å². The molecule has 0 saturated heterocycles. The average Bonchev–Trinajstić information content (AvgIpc) is 2.46. The lowest BCUT2D eigenvalue weighted by Crippen LogP contribution is -2.28. The van der Waals surface area contributed by atoms with Gasteiger partial charge in [0, 0.05) is 18.3 Å². The summed E-state index contributed by atoms with van der Waals surface area (Å²) in [6, 6.07) is 12.1. The standard InChI is InChI=1S/C15H14Cl2N2O2/c16-13-5-4-12(7-14(13)17)21-9-15(20)19-8-10-2-1-3-11(18)6-10/h1-7H,8-9,18H2,(H,19,20). The first-order valence-corrected chi connectivity index (χ1v) is 6.99. The molecule has 2 rings (SSSR count). The van der Waals surface area contributed by atoms with E-state index in [9.17, 15) is 4.79 Å². The molecule has 110 valence electrons. The van der Waals surface area contributed by atoms with Crippen LogP contribution in [0, 0.1) is 0 Å². The monoisotopic (exact) mass is 324 g/mol. The Morgan fingerprint density at radius 2 is 1.95 bits per heavy atom. The number of amides is 1. The molecule has 4 nitrogen and oxygen atoms in total. The number of halogens is 2. The van der Waals surface area contributed by atoms with Crippen molar-refractivity contribution in [2.75, 3.05) is 12.3 Å². The zero-order chi connectivity index (χ0) is 15.2. The molecule has 3 N–H and O–H groups in total. The fraction of sp³-hybridized carbons (Fsp3) is 0.133. The zero-order valence-electron chi connectivity index (χ0n) is 11.1. The van der Waals surface area contributed by atoms with Gasteiger partial charge in [-0.2, -0.15) is 0 Å². The lowest BCUT2D eigenvalue weighted by atomic mass is 10.2. The molecule has 1 amide bonds. The van der Waals surface area contributed by atoms with E-state index >= 15 is 0 Å². The van der Waals surface area contributed by atoms with Crippen LogP contribution in [0.2, 0.25) is 10.0 Å². The van der Waals surface area contributed by atoms with Gasteiger partial charge in [0.1, 0.15) is 5.75 Å². The fourth-order valence-electron chi connectivity index (χ4n) is 1.67. The quantitative estimate of drug-likeness (QED) is 0.829. The summed E-state index contributed by atoms with van der Waals surface area (Å²) in [5.41, 5.74) is 7.25. The van der Waals surface area contributed by atoms with E-state index in [1.54, 1.807) is 30.3 Å². The summed E-state index contributed by atoms with van der Waals surface area (Å²) in [6.45, 7) is 0.300. The Morgan fingerprint density at radius 1 is 1.14 bits per heavy atom. The summed E-state index contributed by atoms with van der Waals surface area (Å²) in [5.74, 6) is 0.256. The Bertz CT molecular complexity index is 647. The summed E-state index contributed by atoms with van der Waals surface area (Å²) in [6.07, 6.45) is 0. The van der Waals surface area contributed by atoms with Crippen molar-refractivity contribution in [2.45, 2.75) is 6.54 Å². The van der Waals surface area contributed by atoms with Crippen molar-refractivity contribution < 1.29 is 9.53 Å². The first kappa shape index (κ1) is 15.5. The molecule has 0 atom stereocenters. The molecule has 0 saturated carbocycles. The van der Waals surface area contributed by atoms with Crippen molar-refractivity contribution in [3.05, 3.63) is 58.1 Å². The van der Waals surface area contributed by atoms with E-state index in [1.807, 2.05) is 12.1 Å². The van der Waals surface area contributed by atoms with Crippen LogP contribution in [0.25, 0.3) is 0 Å². The number of ether oxygens (including phenoxy) is 1. The van der Waals surface area contributed by atoms with Gasteiger partial charge in [-0.3, -0.25) is 4.79 Å². The van der Waals surface area contributed by atoms with E-state index in [4.69, 9.17) is 33.7 Å². The first-order valence-electron chi connectivity index (χ1n) is 6.23. The van der Waals surface area contributed by atoms with Crippen LogP contribution in [0.4, 0.5) is 5.69 Å². The van der Waals surface area contributed by atoms with Gasteiger partial charge in [0.15, 0.2) is 6.61 Å². The molecule has 0 unspecified atom stereocenters. The Balaban J connectivity index is 1.80. The number of hydrogen-bond acceptors (Lipinski definition) is 3. The number of carbonyl (C=O) groups excluding carboxylic acids is 1. The van der Waals surface area contributed by atoms with Crippen LogP contribution < -0.4 is 15.8 Å². The maximum absolute atomic E-state index is 11.7. The highest BCUT2D eigenvalue weighted by Crippen LogP contribution is 2.26. The van der Waals surface area contributed by atoms with E-state index in [0.717, 1.165) is 5.56 Å². The second kappa shape index (κ2) is 7.20. The molecule has 0 aliphatic carbocycles. The zero-order valence-corrected chi connectivity index (χ0v) is 12.6. The number of anilines is 1. The topological polar surface area (TPSA) is 64.3 Å². The predicted molar refractivity (Wildman–Crippen MR) is 84.7 cm³/mol. The van der Waals surface area contributed by atoms with E-state index in [2.05, 4.69) is 5.32 Å². The molecule has 6 heteroatoms. The number of nitrogens with one attached hydrogen (secondary N) is 1. The summed E-state index contributed by atoms with van der Waals surface area (Å²) < 4.78 is 5.34. The smallest absolute Gasteiger partial charge is 0.258 e. The van der Waals surface area contributed by atoms with Gasteiger partial charge in [-0.1, -0.05) is 35.3 Å². The third-order valence-corrected chi connectivity index (χ3v) is 3.44. The Kier molecular flexibility index (Phi) is 5.31. The molecular weight excluding hydrogens is 311 g/mol. The first-order chi connectivity index (χ1) is 10.0. The maximum Gasteiger partial charge on any atom is 0.258 e. The van der Waals surface area contributed by atoms with Crippen LogP contribution >= 0.6 is 23.2 Å². The second-order valence-electron chi connectivity index (χ2n) is 4.39. The highest BCUT2D eigenvalue weighted by atomic mass is 35.5. The molecule has 0 fully saturated rings. The Morgan fingerprint density at radius 3 is 2.67 bits per heavy atom. The van der Waals surface area contributed by atoms with Gasteiger partial charge in [-0.05, 0) is 29.8 Å². The van der Waals surface area contributed by atoms with Crippen molar-refractivity contribution in [3.8, 4) is 5.75 Å². The molecule has 0 aliphatic rings. The normalized spacial score (nSPS) is 10.2. The largest absolute Gasteiger partial charge is 0.484 e. The number of benzene rings is 2. The minimum atomic E-state index is -0.233. The van der Waals surface area contributed by atoms with E-state index in [-0.39, 0.29) is 12.5 Å². The molecular formula is C15H14Cl2N2O2. The van der Waals surface area contributed by atoms with E-state index in [0.29, 0.717) is 28.0 Å². The fourth-order valence-corrected chi connectivity index (χ4v) is 1.96. The van der Waals surface area contributed by atoms with Gasteiger partial charge < -0.3 is 15.8 Å². The summed E-state index contributed by atoms with van der Waals surface area (Å²) in [5, 5.41) is 3.57. The molecule has 2 aromatic carbocycles. The van der Waals surface area contributed by atoms with E-state index < -0.39 is 0 Å². The maximum atomic E-state index is 11.7. The molecule has 0 heterocycles. The van der Waals surface area contributed by atoms with Crippen molar-refractivity contribution in [2.24, 2.45) is 0 Å². The summed E-state index contributed by atoms with van der Waals surface area (Å²) >= 11 is 11.7. The molecule has 0 aliphatic heterocycles. The highest BCUT2D eigenvalue weighted by molar-refractivity contribution is 6.42. The minimum Gasteiger partial charge on any atom is -0.484 e. The predicted octanol–water partition coefficient (Wildman–Crippen LogP) is 3.27. The van der Waals surface area contributed by atoms with Crippen LogP contribution in [0.15, 0.2) is 42.5 Å². The van der Waals surface area contributed by atoms with Crippen LogP contribution in [-0.4, -0.2) is 12.5 Å². The van der Waals surface area contributed by atoms with Crippen LogP contribution in [0.1, 0.15) is 5.56 Å². The molecule has 2 aromatic rings. The van der Waals surface area contributed by atoms with Gasteiger partial charge in [0.05, 0.1) is 10.0 Å². The third-order valence-electron chi connectivity index (χ3n) is 2.70. The van der Waals surface area contributed by atoms with Gasteiger partial charge in [-0.25, -0.2) is 0 Å². The van der Waals surface area contributed by atoms with Crippen LogP contribution in [0.3, 0.4) is 0 Å². The molecule has 0 bridgehead atoms. The second-order valence-corrected chi connectivity index (χ2v) is 5.20. The number of nitrogens with two attached hydrogens (primary N) is 1. The van der Waals surface area contributed by atoms with Gasteiger partial charge in [0.2, 0.25) is 0 Å². The van der Waals surface area contributed by atoms with Gasteiger partial charge in [0.25, 0.3) is 5.91 Å². The number of nitrogen functional groups attached to an aromatic ring is 1. The van der Waals surface area contributed by atoms with Gasteiger partial charge >= 0.3 is 0 Å². The van der Waals surface area contributed by atoms with Crippen LogP contribution in [-0.2, 0) is 11.3 Å². The Hall–Kier alpha value is -1.91. The molecule has 0 radical (unpaired) electrons. The van der Waals surface area contributed by atoms with Gasteiger partial charge in [-0.15, -0.1) is 0 Å². The minimum absolute atomic E-state index is 0.0969. The van der Waals surface area contributed by atoms with Crippen LogP contribution in [0.5, 0.6) is 5.75 Å². The van der Waals surface area contributed by atoms with Crippen molar-refractivity contribution in [1.82, 2.24) is 5.32 Å². The van der Waals surface area contributed by atoms with Crippen molar-refractivity contribution >= 4 is 34.8 Å². The Labute approximate surface area is 132 Å². The lowest BCUT2D eigenvalue weighted by molar-refractivity contribution is -0.123. The van der Waals surface area contributed by atoms with E-state index in [1.165, 1.54) is 0 Å².